The average Bonchev–Trinajstić information content (AvgIpc) is 2.23. The van der Waals surface area contributed by atoms with Gasteiger partial charge in [-0.15, -0.1) is 0 Å². The van der Waals surface area contributed by atoms with Crippen molar-refractivity contribution in [3.63, 3.8) is 0 Å². The monoisotopic (exact) mass is 255 g/mol. The normalized spacial score (nSPS) is 22.4. The number of nitrogens with two attached hydrogens (primary N) is 1. The van der Waals surface area contributed by atoms with Crippen LogP contribution >= 0.6 is 11.6 Å². The highest BCUT2D eigenvalue weighted by molar-refractivity contribution is 6.30. The van der Waals surface area contributed by atoms with E-state index in [1.54, 1.807) is 12.1 Å². The van der Waals surface area contributed by atoms with Gasteiger partial charge in [0.2, 0.25) is 0 Å². The van der Waals surface area contributed by atoms with Gasteiger partial charge in [0, 0.05) is 16.1 Å². The summed E-state index contributed by atoms with van der Waals surface area (Å²) in [6.07, 6.45) is 3.73. The molecule has 1 aliphatic rings. The molecule has 17 heavy (non-hydrogen) atoms. The first-order valence-corrected chi connectivity index (χ1v) is 6.45. The van der Waals surface area contributed by atoms with Crippen molar-refractivity contribution in [1.29, 1.82) is 0 Å². The van der Waals surface area contributed by atoms with E-state index in [1.165, 1.54) is 6.07 Å². The Kier molecular flexibility index (Phi) is 3.21. The minimum atomic E-state index is -0.524. The summed E-state index contributed by atoms with van der Waals surface area (Å²) in [5, 5.41) is 0.422. The van der Waals surface area contributed by atoms with Gasteiger partial charge in [-0.25, -0.2) is 4.39 Å². The van der Waals surface area contributed by atoms with Gasteiger partial charge in [0.25, 0.3) is 0 Å². The lowest BCUT2D eigenvalue weighted by atomic mass is 9.67. The van der Waals surface area contributed by atoms with E-state index in [-0.39, 0.29) is 5.82 Å². The molecule has 2 N–H and O–H groups in total. The lowest BCUT2D eigenvalue weighted by Crippen LogP contribution is -2.43. The van der Waals surface area contributed by atoms with Crippen LogP contribution in [0, 0.1) is 11.2 Å². The third-order valence-corrected chi connectivity index (χ3v) is 4.20. The molecule has 1 nitrogen and oxygen atoms in total. The van der Waals surface area contributed by atoms with Crippen molar-refractivity contribution in [3.05, 3.63) is 34.6 Å². The van der Waals surface area contributed by atoms with Gasteiger partial charge in [0.05, 0.1) is 0 Å². The molecule has 0 amide bonds. The second-order valence-corrected chi connectivity index (χ2v) is 6.38. The molecule has 0 atom stereocenters. The van der Waals surface area contributed by atoms with Crippen molar-refractivity contribution in [1.82, 2.24) is 0 Å². The molecule has 0 saturated heterocycles. The van der Waals surface area contributed by atoms with Crippen LogP contribution in [0.5, 0.6) is 0 Å². The highest BCUT2D eigenvalue weighted by Gasteiger charge is 2.37. The third kappa shape index (κ3) is 2.63. The minimum absolute atomic E-state index is 0.278. The Morgan fingerprint density at radius 3 is 2.29 bits per heavy atom. The summed E-state index contributed by atoms with van der Waals surface area (Å²) in [4.78, 5) is 0. The second-order valence-electron chi connectivity index (χ2n) is 5.94. The number of benzene rings is 1. The summed E-state index contributed by atoms with van der Waals surface area (Å²) >= 11 is 5.77. The fraction of sp³-hybridized carbons (Fsp3) is 0.571. The Hall–Kier alpha value is -0.600. The molecule has 1 saturated carbocycles. The Morgan fingerprint density at radius 1 is 1.18 bits per heavy atom. The summed E-state index contributed by atoms with van der Waals surface area (Å²) in [7, 11) is 0. The molecule has 1 fully saturated rings. The first-order chi connectivity index (χ1) is 7.82. The summed E-state index contributed by atoms with van der Waals surface area (Å²) in [6, 6.07) is 4.80. The molecular formula is C14H19ClFN. The molecule has 0 radical (unpaired) electrons. The number of hydrogen-bond donors (Lipinski definition) is 1. The largest absolute Gasteiger partial charge is 0.321 e. The Labute approximate surface area is 107 Å². The summed E-state index contributed by atoms with van der Waals surface area (Å²) in [5.41, 5.74) is 6.78. The molecule has 1 aromatic rings. The van der Waals surface area contributed by atoms with E-state index in [0.29, 0.717) is 16.0 Å². The van der Waals surface area contributed by atoms with Gasteiger partial charge in [-0.05, 0) is 43.2 Å². The SMILES string of the molecule is CC1(C)CCC(N)(c2ccc(Cl)cc2F)CC1. The standard InChI is InChI=1S/C14H19ClFN/c1-13(2)5-7-14(17,8-6-13)11-4-3-10(15)9-12(11)16/h3-4,9H,5-8,17H2,1-2H3. The zero-order valence-electron chi connectivity index (χ0n) is 10.4. The van der Waals surface area contributed by atoms with E-state index in [9.17, 15) is 4.39 Å². The van der Waals surface area contributed by atoms with E-state index in [0.717, 1.165) is 25.7 Å². The lowest BCUT2D eigenvalue weighted by Gasteiger charge is -2.41. The van der Waals surface area contributed by atoms with Crippen molar-refractivity contribution < 1.29 is 4.39 Å². The summed E-state index contributed by atoms with van der Waals surface area (Å²) in [6.45, 7) is 4.48. The van der Waals surface area contributed by atoms with Crippen molar-refractivity contribution in [3.8, 4) is 0 Å². The third-order valence-electron chi connectivity index (χ3n) is 3.96. The number of hydrogen-bond acceptors (Lipinski definition) is 1. The van der Waals surface area contributed by atoms with Gasteiger partial charge in [0.1, 0.15) is 5.82 Å². The Balaban J connectivity index is 2.27. The van der Waals surface area contributed by atoms with Gasteiger partial charge >= 0.3 is 0 Å². The minimum Gasteiger partial charge on any atom is -0.321 e. The fourth-order valence-electron chi connectivity index (χ4n) is 2.54. The van der Waals surface area contributed by atoms with E-state index in [2.05, 4.69) is 13.8 Å². The Morgan fingerprint density at radius 2 is 1.76 bits per heavy atom. The topological polar surface area (TPSA) is 26.0 Å². The molecule has 0 heterocycles. The second kappa shape index (κ2) is 4.25. The molecule has 3 heteroatoms. The molecule has 94 valence electrons. The van der Waals surface area contributed by atoms with E-state index in [1.807, 2.05) is 0 Å². The van der Waals surface area contributed by atoms with Crippen LogP contribution in [-0.2, 0) is 5.54 Å². The van der Waals surface area contributed by atoms with Crippen molar-refractivity contribution in [2.24, 2.45) is 11.1 Å². The molecule has 0 unspecified atom stereocenters. The smallest absolute Gasteiger partial charge is 0.129 e. The fourth-order valence-corrected chi connectivity index (χ4v) is 2.69. The van der Waals surface area contributed by atoms with Crippen molar-refractivity contribution in [2.45, 2.75) is 45.1 Å². The van der Waals surface area contributed by atoms with Crippen molar-refractivity contribution >= 4 is 11.6 Å². The van der Waals surface area contributed by atoms with Crippen LogP contribution in [0.15, 0.2) is 18.2 Å². The van der Waals surface area contributed by atoms with E-state index in [4.69, 9.17) is 17.3 Å². The van der Waals surface area contributed by atoms with Crippen LogP contribution < -0.4 is 5.73 Å². The van der Waals surface area contributed by atoms with Gasteiger partial charge in [-0.2, -0.15) is 0 Å². The highest BCUT2D eigenvalue weighted by Crippen LogP contribution is 2.44. The molecule has 0 spiro atoms. The average molecular weight is 256 g/mol. The maximum absolute atomic E-state index is 13.9. The van der Waals surface area contributed by atoms with Gasteiger partial charge in [-0.3, -0.25) is 0 Å². The van der Waals surface area contributed by atoms with Gasteiger partial charge in [-0.1, -0.05) is 31.5 Å². The predicted octanol–water partition coefficient (Wildman–Crippen LogP) is 4.23. The maximum atomic E-state index is 13.9. The van der Waals surface area contributed by atoms with Crippen LogP contribution in [0.1, 0.15) is 45.1 Å². The van der Waals surface area contributed by atoms with Crippen LogP contribution in [0.25, 0.3) is 0 Å². The zero-order chi connectivity index (χ0) is 12.7. The summed E-state index contributed by atoms with van der Waals surface area (Å²) < 4.78 is 13.9. The molecule has 1 aliphatic carbocycles. The van der Waals surface area contributed by atoms with Crippen LogP contribution in [-0.4, -0.2) is 0 Å². The van der Waals surface area contributed by atoms with Crippen LogP contribution in [0.3, 0.4) is 0 Å². The molecule has 2 rings (SSSR count). The van der Waals surface area contributed by atoms with E-state index < -0.39 is 5.54 Å². The van der Waals surface area contributed by atoms with Crippen LogP contribution in [0.2, 0.25) is 5.02 Å². The van der Waals surface area contributed by atoms with Crippen molar-refractivity contribution in [2.75, 3.05) is 0 Å². The first kappa shape index (κ1) is 12.8. The highest BCUT2D eigenvalue weighted by atomic mass is 35.5. The molecular weight excluding hydrogens is 237 g/mol. The zero-order valence-corrected chi connectivity index (χ0v) is 11.1. The predicted molar refractivity (Wildman–Crippen MR) is 69.5 cm³/mol. The maximum Gasteiger partial charge on any atom is 0.129 e. The van der Waals surface area contributed by atoms with E-state index >= 15 is 0 Å². The summed E-state index contributed by atoms with van der Waals surface area (Å²) in [5.74, 6) is -0.278. The molecule has 0 aromatic heterocycles. The van der Waals surface area contributed by atoms with Crippen LogP contribution in [0.4, 0.5) is 4.39 Å². The van der Waals surface area contributed by atoms with Gasteiger partial charge in [0.15, 0.2) is 0 Å². The quantitative estimate of drug-likeness (QED) is 0.798. The molecule has 0 bridgehead atoms. The molecule has 1 aromatic carbocycles. The number of halogens is 2. The lowest BCUT2D eigenvalue weighted by molar-refractivity contribution is 0.162. The number of rotatable bonds is 1. The first-order valence-electron chi connectivity index (χ1n) is 6.07. The molecule has 0 aliphatic heterocycles. The van der Waals surface area contributed by atoms with Gasteiger partial charge < -0.3 is 5.73 Å². The Bertz CT molecular complexity index is 418.